The molecular formula is C11H7BrCl2FN3O3S. The number of rotatable bonds is 3. The molecule has 0 aliphatic heterocycles. The fourth-order valence-corrected chi connectivity index (χ4v) is 3.37. The Balaban J connectivity index is 2.38. The molecule has 0 unspecified atom stereocenters. The number of carbonyl (C=O) groups excluding carboxylic acids is 1. The summed E-state index contributed by atoms with van der Waals surface area (Å²) >= 11 is 14.6. The molecule has 0 aliphatic rings. The molecule has 6 nitrogen and oxygen atoms in total. The van der Waals surface area contributed by atoms with Gasteiger partial charge in [-0.05, 0) is 34.1 Å². The molecule has 0 spiro atoms. The smallest absolute Gasteiger partial charge is 0.277 e. The molecule has 11 heteroatoms. The van der Waals surface area contributed by atoms with Crippen molar-refractivity contribution in [2.75, 3.05) is 11.6 Å². The van der Waals surface area contributed by atoms with E-state index in [-0.39, 0.29) is 26.0 Å². The largest absolute Gasteiger partial charge is 0.319 e. The van der Waals surface area contributed by atoms with E-state index in [0.29, 0.717) is 4.09 Å². The lowest BCUT2D eigenvalue weighted by molar-refractivity contribution is 0.102. The minimum atomic E-state index is -3.77. The van der Waals surface area contributed by atoms with Gasteiger partial charge in [0.15, 0.2) is 10.8 Å². The summed E-state index contributed by atoms with van der Waals surface area (Å²) in [4.78, 5) is 12.1. The van der Waals surface area contributed by atoms with E-state index < -0.39 is 21.7 Å². The fraction of sp³-hybridized carbons (Fsp3) is 0.0909. The number of nitrogens with one attached hydrogen (secondary N) is 1. The van der Waals surface area contributed by atoms with Gasteiger partial charge in [-0.25, -0.2) is 12.8 Å². The molecule has 1 aromatic heterocycles. The van der Waals surface area contributed by atoms with Crippen molar-refractivity contribution in [2.24, 2.45) is 0 Å². The van der Waals surface area contributed by atoms with Crippen LogP contribution in [0.5, 0.6) is 0 Å². The molecular weight excluding hydrogens is 424 g/mol. The Kier molecular flexibility index (Phi) is 4.81. The number of hydrogen-bond donors (Lipinski definition) is 1. The van der Waals surface area contributed by atoms with Crippen molar-refractivity contribution in [3.63, 3.8) is 0 Å². The van der Waals surface area contributed by atoms with Gasteiger partial charge < -0.3 is 5.32 Å². The first kappa shape index (κ1) is 17.2. The Morgan fingerprint density at radius 1 is 1.41 bits per heavy atom. The second-order valence-electron chi connectivity index (χ2n) is 4.14. The lowest BCUT2D eigenvalue weighted by atomic mass is 10.3. The molecule has 1 aromatic carbocycles. The van der Waals surface area contributed by atoms with Gasteiger partial charge >= 0.3 is 0 Å². The molecule has 22 heavy (non-hydrogen) atoms. The number of amides is 1. The van der Waals surface area contributed by atoms with E-state index in [0.717, 1.165) is 18.4 Å². The number of anilines is 1. The summed E-state index contributed by atoms with van der Waals surface area (Å²) in [6, 6.07) is 3.39. The standard InChI is InChI=1S/C11H7BrCl2FN3O3S/c1-22(20,21)18-10(14)8(12)9(17-18)11(19)16-7-3-2-5(15)4-6(7)13/h2-4H,1H3,(H,16,19). The molecule has 1 amide bonds. The van der Waals surface area contributed by atoms with Crippen LogP contribution in [0.25, 0.3) is 0 Å². The summed E-state index contributed by atoms with van der Waals surface area (Å²) in [5.41, 5.74) is -0.110. The molecule has 0 aliphatic carbocycles. The molecule has 0 fully saturated rings. The zero-order chi connectivity index (χ0) is 16.7. The van der Waals surface area contributed by atoms with Crippen LogP contribution in [-0.2, 0) is 10.0 Å². The molecule has 118 valence electrons. The van der Waals surface area contributed by atoms with E-state index in [1.165, 1.54) is 6.07 Å². The molecule has 2 rings (SSSR count). The van der Waals surface area contributed by atoms with Gasteiger partial charge in [0.25, 0.3) is 15.9 Å². The molecule has 0 saturated heterocycles. The van der Waals surface area contributed by atoms with Crippen molar-refractivity contribution < 1.29 is 17.6 Å². The van der Waals surface area contributed by atoms with Crippen LogP contribution < -0.4 is 5.32 Å². The SMILES string of the molecule is CS(=O)(=O)n1nc(C(=O)Nc2ccc(F)cc2Cl)c(Br)c1Cl. The Morgan fingerprint density at radius 3 is 2.55 bits per heavy atom. The van der Waals surface area contributed by atoms with Gasteiger partial charge in [0.05, 0.1) is 21.4 Å². The molecule has 0 atom stereocenters. The number of halogens is 4. The van der Waals surface area contributed by atoms with Crippen LogP contribution in [0, 0.1) is 5.82 Å². The van der Waals surface area contributed by atoms with Gasteiger partial charge in [-0.2, -0.15) is 0 Å². The molecule has 2 aromatic rings. The molecule has 0 bridgehead atoms. The van der Waals surface area contributed by atoms with E-state index in [9.17, 15) is 17.6 Å². The molecule has 1 N–H and O–H groups in total. The van der Waals surface area contributed by atoms with E-state index in [2.05, 4.69) is 26.3 Å². The minimum Gasteiger partial charge on any atom is -0.319 e. The van der Waals surface area contributed by atoms with Crippen molar-refractivity contribution >= 4 is 60.7 Å². The highest BCUT2D eigenvalue weighted by atomic mass is 79.9. The summed E-state index contributed by atoms with van der Waals surface area (Å²) < 4.78 is 36.5. The van der Waals surface area contributed by atoms with Crippen molar-refractivity contribution in [1.82, 2.24) is 9.19 Å². The second kappa shape index (κ2) is 6.15. The van der Waals surface area contributed by atoms with Gasteiger partial charge in [-0.3, -0.25) is 4.79 Å². The number of carbonyl (C=O) groups is 1. The number of nitrogens with zero attached hydrogens (tertiary/aromatic N) is 2. The van der Waals surface area contributed by atoms with Crippen molar-refractivity contribution in [1.29, 1.82) is 0 Å². The number of aromatic nitrogens is 2. The normalized spacial score (nSPS) is 11.5. The number of benzene rings is 1. The van der Waals surface area contributed by atoms with Crippen LogP contribution >= 0.6 is 39.1 Å². The third kappa shape index (κ3) is 3.43. The first-order valence-electron chi connectivity index (χ1n) is 5.52. The maximum Gasteiger partial charge on any atom is 0.277 e. The van der Waals surface area contributed by atoms with Gasteiger partial charge in [0, 0.05) is 0 Å². The monoisotopic (exact) mass is 429 g/mol. The van der Waals surface area contributed by atoms with Gasteiger partial charge in [0.1, 0.15) is 5.82 Å². The highest BCUT2D eigenvalue weighted by molar-refractivity contribution is 9.10. The predicted octanol–water partition coefficient (Wildman–Crippen LogP) is 3.15. The third-order valence-electron chi connectivity index (χ3n) is 2.46. The summed E-state index contributed by atoms with van der Waals surface area (Å²) in [5, 5.41) is 5.75. The van der Waals surface area contributed by atoms with E-state index >= 15 is 0 Å². The Hall–Kier alpha value is -1.16. The topological polar surface area (TPSA) is 81.1 Å². The maximum absolute atomic E-state index is 13.0. The summed E-state index contributed by atoms with van der Waals surface area (Å²) in [7, 11) is -3.77. The van der Waals surface area contributed by atoms with Crippen molar-refractivity contribution in [3.05, 3.63) is 44.4 Å². The van der Waals surface area contributed by atoms with Crippen LogP contribution in [-0.4, -0.2) is 29.8 Å². The van der Waals surface area contributed by atoms with Crippen LogP contribution in [0.4, 0.5) is 10.1 Å². The zero-order valence-electron chi connectivity index (χ0n) is 10.8. The van der Waals surface area contributed by atoms with Crippen LogP contribution in [0.1, 0.15) is 10.5 Å². The predicted molar refractivity (Wildman–Crippen MR) is 84.5 cm³/mol. The summed E-state index contributed by atoms with van der Waals surface area (Å²) in [6.45, 7) is 0. The molecule has 1 heterocycles. The number of hydrogen-bond acceptors (Lipinski definition) is 4. The lowest BCUT2D eigenvalue weighted by Gasteiger charge is -2.05. The lowest BCUT2D eigenvalue weighted by Crippen LogP contribution is -2.16. The Morgan fingerprint density at radius 2 is 2.05 bits per heavy atom. The highest BCUT2D eigenvalue weighted by Gasteiger charge is 2.24. The highest BCUT2D eigenvalue weighted by Crippen LogP contribution is 2.29. The molecule has 0 saturated carbocycles. The zero-order valence-corrected chi connectivity index (χ0v) is 14.7. The Bertz CT molecular complexity index is 870. The fourth-order valence-electron chi connectivity index (χ4n) is 1.50. The van der Waals surface area contributed by atoms with Crippen LogP contribution in [0.3, 0.4) is 0 Å². The van der Waals surface area contributed by atoms with Gasteiger partial charge in [0.2, 0.25) is 0 Å². The first-order chi connectivity index (χ1) is 10.1. The van der Waals surface area contributed by atoms with Crippen molar-refractivity contribution in [2.45, 2.75) is 0 Å². The average Bonchev–Trinajstić information content (AvgIpc) is 2.69. The van der Waals surface area contributed by atoms with Crippen LogP contribution in [0.15, 0.2) is 22.7 Å². The Labute approximate surface area is 143 Å². The van der Waals surface area contributed by atoms with Gasteiger partial charge in [-0.15, -0.1) is 9.19 Å². The summed E-state index contributed by atoms with van der Waals surface area (Å²) in [5.74, 6) is -1.32. The quantitative estimate of drug-likeness (QED) is 0.810. The van der Waals surface area contributed by atoms with Crippen LogP contribution in [0.2, 0.25) is 10.2 Å². The molecule has 0 radical (unpaired) electrons. The van der Waals surface area contributed by atoms with E-state index in [4.69, 9.17) is 23.2 Å². The average molecular weight is 431 g/mol. The summed E-state index contributed by atoms with van der Waals surface area (Å²) in [6.07, 6.45) is 0.886. The second-order valence-corrected chi connectivity index (χ2v) is 7.51. The van der Waals surface area contributed by atoms with Crippen molar-refractivity contribution in [3.8, 4) is 0 Å². The first-order valence-corrected chi connectivity index (χ1v) is 8.92. The van der Waals surface area contributed by atoms with Gasteiger partial charge in [-0.1, -0.05) is 23.2 Å². The van der Waals surface area contributed by atoms with E-state index in [1.807, 2.05) is 0 Å². The third-order valence-corrected chi connectivity index (χ3v) is 5.09. The maximum atomic E-state index is 13.0. The minimum absolute atomic E-state index is 0.00956. The van der Waals surface area contributed by atoms with E-state index in [1.54, 1.807) is 0 Å².